The number of unbranched alkanes of at least 4 members (excludes halogenated alkanes) is 3. The highest BCUT2D eigenvalue weighted by Crippen LogP contribution is 2.41. The zero-order valence-electron chi connectivity index (χ0n) is 21.9. The summed E-state index contributed by atoms with van der Waals surface area (Å²) < 4.78 is 56.9. The molecular formula is C24H36ClNO8PS2+. The van der Waals surface area contributed by atoms with E-state index in [1.165, 1.54) is 6.07 Å². The fourth-order valence-electron chi connectivity index (χ4n) is 3.67. The van der Waals surface area contributed by atoms with E-state index in [4.69, 9.17) is 25.6 Å². The molecule has 1 atom stereocenters. The second kappa shape index (κ2) is 13.5. The van der Waals surface area contributed by atoms with Gasteiger partial charge in [0.15, 0.2) is 0 Å². The summed E-state index contributed by atoms with van der Waals surface area (Å²) in [5.74, 6) is 1.26. The van der Waals surface area contributed by atoms with Gasteiger partial charge >= 0.3 is 14.3 Å². The summed E-state index contributed by atoms with van der Waals surface area (Å²) in [7, 11) is -7.77. The number of halogens is 1. The van der Waals surface area contributed by atoms with Crippen molar-refractivity contribution in [3.05, 3.63) is 24.3 Å². The first-order chi connectivity index (χ1) is 17.3. The summed E-state index contributed by atoms with van der Waals surface area (Å²) >= 11 is 6.66. The number of fused-ring (bicyclic) bond motifs is 1. The third-order valence-electron chi connectivity index (χ3n) is 5.54. The molecule has 1 aromatic carbocycles. The van der Waals surface area contributed by atoms with Gasteiger partial charge in [0, 0.05) is 15.1 Å². The van der Waals surface area contributed by atoms with Crippen LogP contribution in [0.15, 0.2) is 28.5 Å². The molecule has 1 N–H and O–H groups in total. The van der Waals surface area contributed by atoms with Gasteiger partial charge in [-0.3, -0.25) is 0 Å². The zero-order valence-corrected chi connectivity index (χ0v) is 25.1. The standard InChI is InChI=1S/C24H35ClNO8PS2/c1-6-24(7-2,34-35(28)29)26(22(27)33-23(3,4)5)37(30,31)21-16-18-12-13-19(17-20(18)36-21)32-15-11-9-8-10-14-25/h12-13,16-17H,6-11,14-15H2,1-5H3/p+1. The van der Waals surface area contributed by atoms with E-state index >= 15 is 0 Å². The maximum absolute atomic E-state index is 13.9. The second-order valence-electron chi connectivity index (χ2n) is 9.45. The minimum atomic E-state index is -4.54. The summed E-state index contributed by atoms with van der Waals surface area (Å²) in [6.07, 6.45) is 2.56. The predicted molar refractivity (Wildman–Crippen MR) is 146 cm³/mol. The van der Waals surface area contributed by atoms with E-state index in [2.05, 4.69) is 0 Å². The first kappa shape index (κ1) is 31.7. The molecule has 2 aromatic rings. The molecule has 0 aliphatic rings. The Bertz CT molecular complexity index is 1180. The van der Waals surface area contributed by atoms with E-state index in [1.807, 2.05) is 0 Å². The Labute approximate surface area is 229 Å². The molecule has 208 valence electrons. The van der Waals surface area contributed by atoms with Crippen molar-refractivity contribution in [3.8, 4) is 5.75 Å². The molecule has 1 amide bonds. The quantitative estimate of drug-likeness (QED) is 0.105. The first-order valence-electron chi connectivity index (χ1n) is 12.2. The van der Waals surface area contributed by atoms with E-state index in [1.54, 1.807) is 52.8 Å². The van der Waals surface area contributed by atoms with Crippen LogP contribution in [0.5, 0.6) is 5.75 Å². The minimum Gasteiger partial charge on any atom is -0.494 e. The van der Waals surface area contributed by atoms with Crippen molar-refractivity contribution in [2.24, 2.45) is 0 Å². The van der Waals surface area contributed by atoms with Crippen LogP contribution in [0.25, 0.3) is 10.1 Å². The summed E-state index contributed by atoms with van der Waals surface area (Å²) in [4.78, 5) is 22.8. The molecule has 1 unspecified atom stereocenters. The lowest BCUT2D eigenvalue weighted by molar-refractivity contribution is -0.0544. The molecular weight excluding hydrogens is 561 g/mol. The third kappa shape index (κ3) is 8.50. The second-order valence-corrected chi connectivity index (χ2v) is 13.6. The van der Waals surface area contributed by atoms with Crippen LogP contribution in [0, 0.1) is 0 Å². The summed E-state index contributed by atoms with van der Waals surface area (Å²) in [5.41, 5.74) is -2.94. The van der Waals surface area contributed by atoms with Crippen molar-refractivity contribution in [1.82, 2.24) is 4.31 Å². The molecule has 2 rings (SSSR count). The van der Waals surface area contributed by atoms with Crippen LogP contribution in [-0.4, -0.2) is 47.5 Å². The Morgan fingerprint density at radius 2 is 1.76 bits per heavy atom. The molecule has 0 saturated carbocycles. The van der Waals surface area contributed by atoms with Gasteiger partial charge in [0.25, 0.3) is 10.0 Å². The number of carbonyl (C=O) groups is 1. The summed E-state index contributed by atoms with van der Waals surface area (Å²) in [6.45, 7) is 8.46. The molecule has 13 heteroatoms. The fraction of sp³-hybridized carbons (Fsp3) is 0.625. The topological polar surface area (TPSA) is 119 Å². The molecule has 0 aliphatic heterocycles. The molecule has 1 heterocycles. The van der Waals surface area contributed by atoms with Gasteiger partial charge in [-0.25, -0.2) is 4.79 Å². The van der Waals surface area contributed by atoms with Gasteiger partial charge in [-0.1, -0.05) is 31.2 Å². The highest BCUT2D eigenvalue weighted by molar-refractivity contribution is 7.92. The molecule has 0 spiro atoms. The van der Waals surface area contributed by atoms with E-state index in [0.29, 0.717) is 32.6 Å². The van der Waals surface area contributed by atoms with E-state index in [-0.39, 0.29) is 17.1 Å². The molecule has 1 aromatic heterocycles. The normalized spacial score (nSPS) is 13.0. The largest absolute Gasteiger partial charge is 0.697 e. The van der Waals surface area contributed by atoms with Crippen molar-refractivity contribution >= 4 is 57.4 Å². The van der Waals surface area contributed by atoms with Crippen LogP contribution in [0.1, 0.15) is 73.1 Å². The molecule has 0 fully saturated rings. The van der Waals surface area contributed by atoms with Gasteiger partial charge in [0.1, 0.15) is 15.6 Å². The van der Waals surface area contributed by atoms with Crippen LogP contribution in [0.3, 0.4) is 0 Å². The lowest BCUT2D eigenvalue weighted by Gasteiger charge is -2.37. The van der Waals surface area contributed by atoms with Crippen molar-refractivity contribution in [1.29, 1.82) is 0 Å². The van der Waals surface area contributed by atoms with Crippen molar-refractivity contribution < 1.29 is 36.7 Å². The molecule has 0 bridgehead atoms. The Morgan fingerprint density at radius 3 is 2.32 bits per heavy atom. The number of alkyl halides is 1. The lowest BCUT2D eigenvalue weighted by atomic mass is 10.1. The summed E-state index contributed by atoms with van der Waals surface area (Å²) in [5, 5.41) is 0.648. The number of nitrogens with zero attached hydrogens (tertiary/aromatic N) is 1. The predicted octanol–water partition coefficient (Wildman–Crippen LogP) is 7.19. The van der Waals surface area contributed by atoms with Gasteiger partial charge < -0.3 is 9.47 Å². The van der Waals surface area contributed by atoms with Gasteiger partial charge in [-0.05, 0) is 76.1 Å². The number of thiophene rings is 1. The number of rotatable bonds is 14. The van der Waals surface area contributed by atoms with Gasteiger partial charge in [-0.2, -0.15) is 12.7 Å². The molecule has 9 nitrogen and oxygen atoms in total. The van der Waals surface area contributed by atoms with Crippen LogP contribution < -0.4 is 4.74 Å². The Balaban J connectivity index is 2.44. The zero-order chi connectivity index (χ0) is 27.9. The number of sulfonamides is 1. The van der Waals surface area contributed by atoms with Gasteiger partial charge in [0.05, 0.1) is 6.61 Å². The monoisotopic (exact) mass is 596 g/mol. The molecule has 0 saturated heterocycles. The van der Waals surface area contributed by atoms with E-state index < -0.39 is 35.7 Å². The van der Waals surface area contributed by atoms with Crippen LogP contribution in [-0.2, 0) is 23.8 Å². The Hall–Kier alpha value is -1.49. The van der Waals surface area contributed by atoms with Crippen LogP contribution in [0.2, 0.25) is 0 Å². The smallest absolute Gasteiger partial charge is 0.494 e. The minimum absolute atomic E-state index is 0.0720. The highest BCUT2D eigenvalue weighted by Gasteiger charge is 2.53. The maximum Gasteiger partial charge on any atom is 0.697 e. The maximum atomic E-state index is 13.9. The Kier molecular flexibility index (Phi) is 11.6. The SMILES string of the molecule is CCC(CC)(O[P+](=O)O)N(C(=O)OC(C)(C)C)S(=O)(=O)c1cc2ccc(OCCCCCCCl)cc2s1. The average Bonchev–Trinajstić information content (AvgIpc) is 3.23. The van der Waals surface area contributed by atoms with Gasteiger partial charge in [0.2, 0.25) is 5.72 Å². The molecule has 37 heavy (non-hydrogen) atoms. The first-order valence-corrected chi connectivity index (χ1v) is 16.1. The molecule has 0 aliphatic carbocycles. The molecule has 0 radical (unpaired) electrons. The number of carbonyl (C=O) groups excluding carboxylic acids is 1. The average molecular weight is 597 g/mol. The number of ether oxygens (including phenoxy) is 2. The number of hydrogen-bond acceptors (Lipinski definition) is 8. The lowest BCUT2D eigenvalue weighted by Crippen LogP contribution is -2.55. The van der Waals surface area contributed by atoms with Crippen LogP contribution in [0.4, 0.5) is 4.79 Å². The van der Waals surface area contributed by atoms with Crippen LogP contribution >= 0.6 is 31.2 Å². The fourth-order valence-corrected chi connectivity index (χ4v) is 7.70. The van der Waals surface area contributed by atoms with Crippen molar-refractivity contribution in [3.63, 3.8) is 0 Å². The van der Waals surface area contributed by atoms with Crippen molar-refractivity contribution in [2.75, 3.05) is 12.5 Å². The van der Waals surface area contributed by atoms with Gasteiger partial charge in [-0.15, -0.1) is 27.8 Å². The van der Waals surface area contributed by atoms with E-state index in [9.17, 15) is 22.7 Å². The third-order valence-corrected chi connectivity index (χ3v) is 9.67. The van der Waals surface area contributed by atoms with E-state index in [0.717, 1.165) is 37.0 Å². The number of amides is 1. The van der Waals surface area contributed by atoms with Crippen molar-refractivity contribution in [2.45, 2.75) is 88.7 Å². The number of hydrogen-bond donors (Lipinski definition) is 1. The number of benzene rings is 1. The summed E-state index contributed by atoms with van der Waals surface area (Å²) in [6, 6.07) is 6.72. The Morgan fingerprint density at radius 1 is 1.11 bits per heavy atom. The highest BCUT2D eigenvalue weighted by atomic mass is 35.5.